The van der Waals surface area contributed by atoms with Gasteiger partial charge in [-0.05, 0) is 37.8 Å². The van der Waals surface area contributed by atoms with Gasteiger partial charge in [-0.1, -0.05) is 23.2 Å². The van der Waals surface area contributed by atoms with Crippen LogP contribution in [0.3, 0.4) is 0 Å². The van der Waals surface area contributed by atoms with Gasteiger partial charge in [0.2, 0.25) is 24.2 Å². The largest absolute Gasteiger partial charge is 0.474 e. The molecule has 2 amide bonds. The van der Waals surface area contributed by atoms with Crippen LogP contribution in [-0.2, 0) is 28.7 Å². The second-order valence-corrected chi connectivity index (χ2v) is 13.3. The lowest BCUT2D eigenvalue weighted by molar-refractivity contribution is -0.170. The van der Waals surface area contributed by atoms with Crippen LogP contribution in [0.5, 0.6) is 11.8 Å². The molecule has 6 heterocycles. The van der Waals surface area contributed by atoms with Crippen LogP contribution >= 0.6 is 23.2 Å². The summed E-state index contributed by atoms with van der Waals surface area (Å²) in [6.45, 7) is 0. The van der Waals surface area contributed by atoms with Gasteiger partial charge >= 0.3 is 11.9 Å². The third-order valence-corrected chi connectivity index (χ3v) is 9.75. The number of nitrogens with two attached hydrogens (primary N) is 2. The van der Waals surface area contributed by atoms with Crippen LogP contribution in [0.2, 0.25) is 10.0 Å². The number of esters is 2. The Morgan fingerprint density at radius 2 is 1.02 bits per heavy atom. The van der Waals surface area contributed by atoms with Crippen molar-refractivity contribution in [1.82, 2.24) is 19.8 Å². The molecule has 0 radical (unpaired) electrons. The average Bonchev–Trinajstić information content (AvgIpc) is 3.46. The summed E-state index contributed by atoms with van der Waals surface area (Å²) < 4.78 is 23.0. The first-order chi connectivity index (χ1) is 23.0. The van der Waals surface area contributed by atoms with Crippen LogP contribution in [0.1, 0.15) is 51.4 Å². The van der Waals surface area contributed by atoms with E-state index >= 15 is 0 Å². The number of primary amides is 2. The van der Waals surface area contributed by atoms with Crippen LogP contribution in [0.4, 0.5) is 0 Å². The van der Waals surface area contributed by atoms with Crippen molar-refractivity contribution in [2.45, 2.75) is 100 Å². The summed E-state index contributed by atoms with van der Waals surface area (Å²) in [6, 6.07) is 6.28. The number of fused-ring (bicyclic) bond motifs is 4. The van der Waals surface area contributed by atoms with Crippen molar-refractivity contribution in [3.05, 3.63) is 58.9 Å². The molecular weight excluding hydrogens is 667 g/mol. The normalized spacial score (nSPS) is 28.0. The number of pyridine rings is 2. The van der Waals surface area contributed by atoms with Gasteiger partial charge in [0.05, 0.1) is 10.0 Å². The zero-order valence-electron chi connectivity index (χ0n) is 25.9. The molecule has 4 aliphatic heterocycles. The van der Waals surface area contributed by atoms with Crippen LogP contribution in [0, 0.1) is 0 Å². The number of hydrogen-bond acceptors (Lipinski definition) is 12. The Bertz CT molecular complexity index is 1400. The molecular formula is C32H36Cl2N6O8. The summed E-state index contributed by atoms with van der Waals surface area (Å²) in [4.78, 5) is 62.5. The highest BCUT2D eigenvalue weighted by atomic mass is 35.5. The standard InChI is InChI=1S/C32H36Cl2N6O8/c33-17-1-7-25(37-15-17)45-23-11-19-3-4-20(12-23)39(19)31(29(35)43)47-27(41)9-10-28(42)48-32(30(36)44)40-21-5-6-22(40)14-24(13-21)46-26-8-2-18(34)16-38-26/h1-2,7-10,15-16,19-24,31-32H,3-6,11-14H2,(H2,35,43)(H2,36,44)/b10-9+. The van der Waals surface area contributed by atoms with Gasteiger partial charge in [0, 0.05) is 86.5 Å². The average molecular weight is 704 g/mol. The van der Waals surface area contributed by atoms with Gasteiger partial charge in [-0.2, -0.15) is 0 Å². The van der Waals surface area contributed by atoms with E-state index in [0.717, 1.165) is 37.8 Å². The zero-order valence-corrected chi connectivity index (χ0v) is 27.4. The Balaban J connectivity index is 1.02. The first-order valence-corrected chi connectivity index (χ1v) is 16.6. The van der Waals surface area contributed by atoms with E-state index < -0.39 is 36.2 Å². The SMILES string of the molecule is NC(=O)C(OC(=O)/C=C/C(=O)OC(C(N)=O)N1C2CCC1CC(Oc1ccc(Cl)cn1)C2)N1C2CCC1CC(Oc1ccc(Cl)cn1)C2. The van der Waals surface area contributed by atoms with E-state index in [9.17, 15) is 19.2 Å². The van der Waals surface area contributed by atoms with Crippen molar-refractivity contribution in [3.8, 4) is 11.8 Å². The van der Waals surface area contributed by atoms with Gasteiger partial charge in [-0.25, -0.2) is 19.6 Å². The van der Waals surface area contributed by atoms with Gasteiger partial charge in [-0.3, -0.25) is 19.4 Å². The molecule has 48 heavy (non-hydrogen) atoms. The van der Waals surface area contributed by atoms with Crippen molar-refractivity contribution in [3.63, 3.8) is 0 Å². The van der Waals surface area contributed by atoms with Crippen molar-refractivity contribution in [2.75, 3.05) is 0 Å². The quantitative estimate of drug-likeness (QED) is 0.243. The number of aromatic nitrogens is 2. The highest BCUT2D eigenvalue weighted by Crippen LogP contribution is 2.40. The summed E-state index contributed by atoms with van der Waals surface area (Å²) in [5.41, 5.74) is 11.3. The summed E-state index contributed by atoms with van der Waals surface area (Å²) >= 11 is 11.8. The number of amides is 2. The molecule has 4 fully saturated rings. The molecule has 6 unspecified atom stereocenters. The second kappa shape index (κ2) is 14.6. The fourth-order valence-electron chi connectivity index (χ4n) is 7.46. The van der Waals surface area contributed by atoms with Crippen LogP contribution in [0.15, 0.2) is 48.8 Å². The third-order valence-electron chi connectivity index (χ3n) is 9.31. The molecule has 256 valence electrons. The number of hydrogen-bond donors (Lipinski definition) is 2. The van der Waals surface area contributed by atoms with Gasteiger partial charge in [0.25, 0.3) is 11.8 Å². The summed E-state index contributed by atoms with van der Waals surface area (Å²) in [6.07, 6.45) is 7.04. The van der Waals surface area contributed by atoms with Crippen LogP contribution < -0.4 is 20.9 Å². The molecule has 4 N–H and O–H groups in total. The van der Waals surface area contributed by atoms with Crippen LogP contribution in [0.25, 0.3) is 0 Å². The van der Waals surface area contributed by atoms with E-state index in [-0.39, 0.29) is 36.4 Å². The Labute approximate surface area is 286 Å². The maximum atomic E-state index is 12.8. The molecule has 0 saturated carbocycles. The monoisotopic (exact) mass is 702 g/mol. The summed E-state index contributed by atoms with van der Waals surface area (Å²) in [5.74, 6) is -2.71. The lowest BCUT2D eigenvalue weighted by Crippen LogP contribution is -2.57. The minimum Gasteiger partial charge on any atom is -0.474 e. The molecule has 0 aromatic carbocycles. The number of ether oxygens (including phenoxy) is 4. The highest BCUT2D eigenvalue weighted by Gasteiger charge is 2.49. The number of carbonyl (C=O) groups is 4. The van der Waals surface area contributed by atoms with E-state index in [1.807, 2.05) is 0 Å². The van der Waals surface area contributed by atoms with E-state index in [1.165, 1.54) is 12.4 Å². The number of carbonyl (C=O) groups excluding carboxylic acids is 4. The maximum absolute atomic E-state index is 12.8. The van der Waals surface area contributed by atoms with Gasteiger partial charge in [0.1, 0.15) is 12.2 Å². The first-order valence-electron chi connectivity index (χ1n) is 15.8. The Hall–Kier alpha value is -3.98. The van der Waals surface area contributed by atoms with E-state index in [1.54, 1.807) is 34.1 Å². The fraction of sp³-hybridized carbons (Fsp3) is 0.500. The molecule has 6 atom stereocenters. The molecule has 14 nitrogen and oxygen atoms in total. The maximum Gasteiger partial charge on any atom is 0.333 e. The molecule has 0 aliphatic carbocycles. The van der Waals surface area contributed by atoms with Crippen molar-refractivity contribution < 1.29 is 38.1 Å². The topological polar surface area (TPSA) is 190 Å². The summed E-state index contributed by atoms with van der Waals surface area (Å²) in [5, 5.41) is 1.00. The van der Waals surface area contributed by atoms with E-state index in [2.05, 4.69) is 9.97 Å². The molecule has 4 saturated heterocycles. The van der Waals surface area contributed by atoms with Crippen LogP contribution in [-0.4, -0.2) is 92.4 Å². The van der Waals surface area contributed by atoms with Gasteiger partial charge in [-0.15, -0.1) is 0 Å². The number of rotatable bonds is 12. The Morgan fingerprint density at radius 3 is 1.31 bits per heavy atom. The van der Waals surface area contributed by atoms with Gasteiger partial charge in [0.15, 0.2) is 0 Å². The predicted molar refractivity (Wildman–Crippen MR) is 170 cm³/mol. The molecule has 2 aromatic heterocycles. The fourth-order valence-corrected chi connectivity index (χ4v) is 7.68. The lowest BCUT2D eigenvalue weighted by Gasteiger charge is -2.41. The molecule has 6 rings (SSSR count). The van der Waals surface area contributed by atoms with Crippen molar-refractivity contribution in [1.29, 1.82) is 0 Å². The summed E-state index contributed by atoms with van der Waals surface area (Å²) in [7, 11) is 0. The second-order valence-electron chi connectivity index (χ2n) is 12.4. The van der Waals surface area contributed by atoms with E-state index in [4.69, 9.17) is 53.6 Å². The Morgan fingerprint density at radius 1 is 0.667 bits per heavy atom. The molecule has 4 bridgehead atoms. The molecule has 4 aliphatic rings. The first kappa shape index (κ1) is 33.9. The third kappa shape index (κ3) is 7.83. The van der Waals surface area contributed by atoms with E-state index in [0.29, 0.717) is 47.5 Å². The molecule has 0 spiro atoms. The lowest BCUT2D eigenvalue weighted by atomic mass is 9.99. The number of nitrogens with zero attached hydrogens (tertiary/aromatic N) is 4. The Kier molecular flexibility index (Phi) is 10.3. The predicted octanol–water partition coefficient (Wildman–Crippen LogP) is 2.50. The molecule has 2 aromatic rings. The highest BCUT2D eigenvalue weighted by molar-refractivity contribution is 6.30. The number of piperidine rings is 2. The zero-order chi connectivity index (χ0) is 33.9. The minimum atomic E-state index is -1.34. The number of halogens is 2. The minimum absolute atomic E-state index is 0.121. The molecule has 16 heteroatoms. The van der Waals surface area contributed by atoms with Crippen molar-refractivity contribution >= 4 is 47.0 Å². The smallest absolute Gasteiger partial charge is 0.333 e. The van der Waals surface area contributed by atoms with Crippen molar-refractivity contribution in [2.24, 2.45) is 11.5 Å². The van der Waals surface area contributed by atoms with Gasteiger partial charge < -0.3 is 30.4 Å².